The van der Waals surface area contributed by atoms with E-state index in [2.05, 4.69) is 32.1 Å². The van der Waals surface area contributed by atoms with Crippen molar-refractivity contribution in [3.63, 3.8) is 0 Å². The van der Waals surface area contributed by atoms with Gasteiger partial charge in [0.15, 0.2) is 0 Å². The number of alkyl halides is 3. The van der Waals surface area contributed by atoms with Crippen molar-refractivity contribution in [3.8, 4) is 11.3 Å². The fourth-order valence-electron chi connectivity index (χ4n) is 5.39. The van der Waals surface area contributed by atoms with Crippen molar-refractivity contribution < 1.29 is 18.0 Å². The van der Waals surface area contributed by atoms with Crippen LogP contribution in [-0.4, -0.2) is 32.2 Å². The quantitative estimate of drug-likeness (QED) is 0.169. The second-order valence-electron chi connectivity index (χ2n) is 10.6. The zero-order valence-corrected chi connectivity index (χ0v) is 24.4. The molecule has 0 spiro atoms. The highest BCUT2D eigenvalue weighted by atomic mass is 35.5. The van der Waals surface area contributed by atoms with E-state index in [1.807, 2.05) is 0 Å². The molecule has 1 aliphatic rings. The number of hydrogen-bond donors (Lipinski definition) is 3. The summed E-state index contributed by atoms with van der Waals surface area (Å²) in [4.78, 5) is 21.1. The third-order valence-corrected chi connectivity index (χ3v) is 7.58. The van der Waals surface area contributed by atoms with Crippen LogP contribution < -0.4 is 16.8 Å². The molecule has 1 amide bonds. The predicted octanol–water partition coefficient (Wildman–Crippen LogP) is 7.42. The number of carbonyl (C=O) groups excluding carboxylic acids is 1. The van der Waals surface area contributed by atoms with E-state index in [1.165, 1.54) is 6.42 Å². The van der Waals surface area contributed by atoms with Gasteiger partial charge < -0.3 is 16.8 Å². The van der Waals surface area contributed by atoms with Crippen LogP contribution in [-0.2, 0) is 6.18 Å². The zero-order valence-electron chi connectivity index (χ0n) is 23.6. The Bertz CT molecular complexity index is 1580. The van der Waals surface area contributed by atoms with Gasteiger partial charge in [0.1, 0.15) is 17.3 Å². The molecular weight excluding hydrogens is 579 g/mol. The number of fused-ring (bicyclic) bond motifs is 1. The van der Waals surface area contributed by atoms with Crippen molar-refractivity contribution in [2.45, 2.75) is 63.6 Å². The zero-order chi connectivity index (χ0) is 29.7. The summed E-state index contributed by atoms with van der Waals surface area (Å²) in [6, 6.07) is 8.63. The summed E-state index contributed by atoms with van der Waals surface area (Å²) >= 11 is 0. The second kappa shape index (κ2) is 14.0. The number of nitrogen functional groups attached to an aromatic ring is 1. The molecule has 4 aromatic rings. The van der Waals surface area contributed by atoms with Crippen LogP contribution >= 0.6 is 12.4 Å². The van der Waals surface area contributed by atoms with Crippen molar-refractivity contribution in [2.75, 3.05) is 17.6 Å². The number of unbranched alkanes of at least 4 members (excludes halogenated alkanes) is 2. The number of aromatic nitrogens is 4. The molecule has 3 heterocycles. The largest absolute Gasteiger partial charge is 0.416 e. The third-order valence-electron chi connectivity index (χ3n) is 7.58. The van der Waals surface area contributed by atoms with Crippen LogP contribution in [0, 0.1) is 0 Å². The number of amides is 1. The van der Waals surface area contributed by atoms with Gasteiger partial charge >= 0.3 is 6.18 Å². The fraction of sp³-hybridized carbons (Fsp3) is 0.355. The number of benzene rings is 1. The molecule has 1 fully saturated rings. The number of carbonyl (C=O) groups is 1. The Balaban J connectivity index is 0.00000423. The molecule has 0 saturated heterocycles. The topological polar surface area (TPSA) is 125 Å². The molecule has 5 rings (SSSR count). The average molecular weight is 614 g/mol. The van der Waals surface area contributed by atoms with Crippen molar-refractivity contribution in [1.82, 2.24) is 19.7 Å². The van der Waals surface area contributed by atoms with Crippen molar-refractivity contribution >= 4 is 46.9 Å². The van der Waals surface area contributed by atoms with E-state index in [1.54, 1.807) is 30.5 Å². The molecular formula is C31H35ClF3N7O. The molecule has 43 heavy (non-hydrogen) atoms. The van der Waals surface area contributed by atoms with E-state index in [9.17, 15) is 18.0 Å². The molecule has 1 aliphatic carbocycles. The summed E-state index contributed by atoms with van der Waals surface area (Å²) in [6.45, 7) is 0.669. The molecule has 12 heteroatoms. The molecule has 0 unspecified atom stereocenters. The van der Waals surface area contributed by atoms with Crippen LogP contribution in [0.3, 0.4) is 0 Å². The molecule has 228 valence electrons. The minimum Gasteiger partial charge on any atom is -0.383 e. The number of pyridine rings is 2. The lowest BCUT2D eigenvalue weighted by Gasteiger charge is -2.23. The molecule has 0 aliphatic heterocycles. The number of halogens is 4. The van der Waals surface area contributed by atoms with Crippen LogP contribution in [0.4, 0.5) is 24.8 Å². The molecule has 0 bridgehead atoms. The van der Waals surface area contributed by atoms with Gasteiger partial charge in [-0.05, 0) is 62.9 Å². The SMILES string of the molecule is Cl.NCCCC/C=C/c1cnc(N)c2c(-c3ccc(C(=O)Nc4cc(C(F)(F)F)ccn4)cc3)nn(C3CCCCC3)c12. The Kier molecular flexibility index (Phi) is 10.4. The van der Waals surface area contributed by atoms with Crippen LogP contribution in [0.5, 0.6) is 0 Å². The molecule has 5 N–H and O–H groups in total. The molecule has 0 radical (unpaired) electrons. The first-order chi connectivity index (χ1) is 20.3. The average Bonchev–Trinajstić information content (AvgIpc) is 3.40. The molecule has 1 saturated carbocycles. The lowest BCUT2D eigenvalue weighted by atomic mass is 9.95. The van der Waals surface area contributed by atoms with E-state index < -0.39 is 17.6 Å². The van der Waals surface area contributed by atoms with Crippen molar-refractivity contribution in [1.29, 1.82) is 0 Å². The summed E-state index contributed by atoms with van der Waals surface area (Å²) in [5, 5.41) is 8.27. The fourth-order valence-corrected chi connectivity index (χ4v) is 5.39. The van der Waals surface area contributed by atoms with Crippen LogP contribution in [0.15, 0.2) is 54.9 Å². The van der Waals surface area contributed by atoms with Gasteiger partial charge in [-0.2, -0.15) is 18.3 Å². The van der Waals surface area contributed by atoms with Gasteiger partial charge in [-0.1, -0.05) is 43.5 Å². The van der Waals surface area contributed by atoms with Crippen molar-refractivity contribution in [3.05, 3.63) is 71.6 Å². The Morgan fingerprint density at radius 1 is 1.07 bits per heavy atom. The van der Waals surface area contributed by atoms with Gasteiger partial charge in [-0.15, -0.1) is 12.4 Å². The first-order valence-electron chi connectivity index (χ1n) is 14.2. The summed E-state index contributed by atoms with van der Waals surface area (Å²) in [7, 11) is 0. The first-order valence-corrected chi connectivity index (χ1v) is 14.2. The standard InChI is InChI=1S/C31H34F3N7O.ClH/c32-31(33,34)23-15-17-37-25(18-23)39-30(42)21-13-11-20(12-14-21)27-26-28(41(40-27)24-9-5-3-6-10-24)22(19-38-29(26)36)8-4-1-2-7-16-35;/h4,8,11-15,17-19,24H,1-3,5-7,9-10,16,35H2,(H2,36,38)(H,37,39,42);1H/b8-4+;. The molecule has 8 nitrogen and oxygen atoms in total. The highest BCUT2D eigenvalue weighted by Crippen LogP contribution is 2.38. The highest BCUT2D eigenvalue weighted by Gasteiger charge is 2.31. The lowest BCUT2D eigenvalue weighted by molar-refractivity contribution is -0.137. The summed E-state index contributed by atoms with van der Waals surface area (Å²) < 4.78 is 41.3. The van der Waals surface area contributed by atoms with Gasteiger partial charge in [-0.3, -0.25) is 9.48 Å². The number of anilines is 2. The second-order valence-corrected chi connectivity index (χ2v) is 10.6. The number of hydrogen-bond acceptors (Lipinski definition) is 6. The van der Waals surface area contributed by atoms with E-state index in [0.29, 0.717) is 18.1 Å². The number of nitrogens with zero attached hydrogens (tertiary/aromatic N) is 4. The van der Waals surface area contributed by atoms with Gasteiger partial charge in [0.25, 0.3) is 5.91 Å². The van der Waals surface area contributed by atoms with E-state index in [4.69, 9.17) is 16.6 Å². The van der Waals surface area contributed by atoms with Gasteiger partial charge in [0, 0.05) is 29.1 Å². The Morgan fingerprint density at radius 2 is 1.81 bits per heavy atom. The van der Waals surface area contributed by atoms with Gasteiger partial charge in [0.2, 0.25) is 0 Å². The Morgan fingerprint density at radius 3 is 2.51 bits per heavy atom. The van der Waals surface area contributed by atoms with Crippen LogP contribution in [0.25, 0.3) is 28.2 Å². The normalized spacial score (nSPS) is 14.2. The summed E-state index contributed by atoms with van der Waals surface area (Å²) in [5.41, 5.74) is 14.8. The maximum absolute atomic E-state index is 13.1. The minimum absolute atomic E-state index is 0. The summed E-state index contributed by atoms with van der Waals surface area (Å²) in [6.07, 6.45) is 10.9. The number of allylic oxidation sites excluding steroid dienone is 1. The monoisotopic (exact) mass is 613 g/mol. The van der Waals surface area contributed by atoms with E-state index >= 15 is 0 Å². The molecule has 1 aromatic carbocycles. The minimum atomic E-state index is -4.54. The predicted molar refractivity (Wildman–Crippen MR) is 166 cm³/mol. The Hall–Kier alpha value is -3.96. The van der Waals surface area contributed by atoms with Gasteiger partial charge in [0.05, 0.1) is 22.5 Å². The van der Waals surface area contributed by atoms with E-state index in [0.717, 1.165) is 85.3 Å². The maximum atomic E-state index is 13.1. The van der Waals surface area contributed by atoms with Crippen LogP contribution in [0.1, 0.15) is 78.9 Å². The van der Waals surface area contributed by atoms with E-state index in [-0.39, 0.29) is 29.8 Å². The van der Waals surface area contributed by atoms with Crippen LogP contribution in [0.2, 0.25) is 0 Å². The van der Waals surface area contributed by atoms with Gasteiger partial charge in [-0.25, -0.2) is 9.97 Å². The molecule has 0 atom stereocenters. The lowest BCUT2D eigenvalue weighted by Crippen LogP contribution is -2.14. The number of rotatable bonds is 9. The number of nitrogens with two attached hydrogens (primary N) is 2. The molecule has 3 aromatic heterocycles. The smallest absolute Gasteiger partial charge is 0.383 e. The first kappa shape index (κ1) is 32.0. The Labute approximate surface area is 254 Å². The van der Waals surface area contributed by atoms with Crippen molar-refractivity contribution in [2.24, 2.45) is 5.73 Å². The maximum Gasteiger partial charge on any atom is 0.416 e. The highest BCUT2D eigenvalue weighted by molar-refractivity contribution is 6.06. The third kappa shape index (κ3) is 7.34. The summed E-state index contributed by atoms with van der Waals surface area (Å²) in [5.74, 6) is -0.382. The number of nitrogens with one attached hydrogen (secondary N) is 1.